The molecule has 0 aliphatic carbocycles. The van der Waals surface area contributed by atoms with Gasteiger partial charge in [0.15, 0.2) is 6.39 Å². The Labute approximate surface area is 131 Å². The largest absolute Gasteiger partial charge is 0.449 e. The van der Waals surface area contributed by atoms with Gasteiger partial charge in [-0.05, 0) is 5.92 Å². The maximum atomic E-state index is 5.44. The first-order valence-electron chi connectivity index (χ1n) is 9.24. The average molecular weight is 293 g/mol. The maximum absolute atomic E-state index is 5.44. The zero-order chi connectivity index (χ0) is 15.2. The van der Waals surface area contributed by atoms with Crippen molar-refractivity contribution in [3.05, 3.63) is 18.4 Å². The summed E-state index contributed by atoms with van der Waals surface area (Å²) in [5.41, 5.74) is 0. The second kappa shape index (κ2) is 12.9. The van der Waals surface area contributed by atoms with Crippen LogP contribution in [0, 0.1) is 5.92 Å². The van der Waals surface area contributed by atoms with Crippen molar-refractivity contribution in [2.24, 2.45) is 5.92 Å². The van der Waals surface area contributed by atoms with Gasteiger partial charge in [-0.15, -0.1) is 0 Å². The highest BCUT2D eigenvalue weighted by Gasteiger charge is 2.11. The van der Waals surface area contributed by atoms with Crippen LogP contribution in [0.4, 0.5) is 0 Å². The van der Waals surface area contributed by atoms with Crippen molar-refractivity contribution in [3.63, 3.8) is 0 Å². The first kappa shape index (κ1) is 18.3. The number of hydrogen-bond donors (Lipinski definition) is 0. The topological polar surface area (TPSA) is 26.0 Å². The zero-order valence-corrected chi connectivity index (χ0v) is 14.3. The van der Waals surface area contributed by atoms with Crippen LogP contribution < -0.4 is 0 Å². The Kier molecular flexibility index (Phi) is 11.2. The molecule has 0 aliphatic heterocycles. The molecule has 2 heteroatoms. The molecule has 0 saturated heterocycles. The van der Waals surface area contributed by atoms with Gasteiger partial charge in [-0.1, -0.05) is 90.9 Å². The van der Waals surface area contributed by atoms with E-state index in [2.05, 4.69) is 18.8 Å². The van der Waals surface area contributed by atoms with Gasteiger partial charge >= 0.3 is 0 Å². The Hall–Kier alpha value is -0.790. The van der Waals surface area contributed by atoms with E-state index in [1.54, 1.807) is 6.39 Å². The minimum absolute atomic E-state index is 0.793. The van der Waals surface area contributed by atoms with Crippen LogP contribution in [0.15, 0.2) is 17.0 Å². The predicted octanol–water partition coefficient (Wildman–Crippen LogP) is 6.55. The quantitative estimate of drug-likeness (QED) is 0.363. The first-order chi connectivity index (χ1) is 10.4. The normalized spacial score (nSPS) is 11.4. The lowest BCUT2D eigenvalue weighted by Crippen LogP contribution is -2.05. The van der Waals surface area contributed by atoms with Gasteiger partial charge in [0.1, 0.15) is 5.76 Å². The molecule has 0 spiro atoms. The van der Waals surface area contributed by atoms with E-state index in [0.717, 1.165) is 18.1 Å². The van der Waals surface area contributed by atoms with Crippen molar-refractivity contribution < 1.29 is 4.42 Å². The van der Waals surface area contributed by atoms with Gasteiger partial charge in [-0.2, -0.15) is 0 Å². The van der Waals surface area contributed by atoms with Gasteiger partial charge in [0.25, 0.3) is 0 Å². The van der Waals surface area contributed by atoms with Crippen molar-refractivity contribution >= 4 is 0 Å². The average Bonchev–Trinajstić information content (AvgIpc) is 2.99. The number of rotatable bonds is 14. The highest BCUT2D eigenvalue weighted by Crippen LogP contribution is 2.22. The molecule has 1 aromatic rings. The second-order valence-corrected chi connectivity index (χ2v) is 6.44. The molecule has 0 unspecified atom stereocenters. The van der Waals surface area contributed by atoms with Crippen LogP contribution in [-0.4, -0.2) is 4.98 Å². The fourth-order valence-corrected chi connectivity index (χ4v) is 3.05. The van der Waals surface area contributed by atoms with E-state index in [1.165, 1.54) is 77.0 Å². The zero-order valence-electron chi connectivity index (χ0n) is 14.3. The van der Waals surface area contributed by atoms with Crippen molar-refractivity contribution in [2.45, 2.75) is 97.3 Å². The lowest BCUT2D eigenvalue weighted by Gasteiger charge is -2.15. The second-order valence-electron chi connectivity index (χ2n) is 6.44. The predicted molar refractivity (Wildman–Crippen MR) is 90.4 cm³/mol. The summed E-state index contributed by atoms with van der Waals surface area (Å²) in [4.78, 5) is 4.05. The SMILES string of the molecule is CCCCCCCC(CCCCCCC)Cc1cnco1. The Morgan fingerprint density at radius 2 is 1.43 bits per heavy atom. The number of hydrogen-bond acceptors (Lipinski definition) is 2. The van der Waals surface area contributed by atoms with Crippen LogP contribution in [0.5, 0.6) is 0 Å². The van der Waals surface area contributed by atoms with E-state index in [4.69, 9.17) is 4.42 Å². The number of oxazole rings is 1. The lowest BCUT2D eigenvalue weighted by molar-refractivity contribution is 0.369. The molecule has 1 heterocycles. The third-order valence-electron chi connectivity index (χ3n) is 4.41. The number of nitrogens with zero attached hydrogens (tertiary/aromatic N) is 1. The highest BCUT2D eigenvalue weighted by molar-refractivity contribution is 4.90. The van der Waals surface area contributed by atoms with Gasteiger partial charge in [0, 0.05) is 6.42 Å². The van der Waals surface area contributed by atoms with E-state index in [1.807, 2.05) is 6.20 Å². The van der Waals surface area contributed by atoms with Crippen LogP contribution in [0.2, 0.25) is 0 Å². The summed E-state index contributed by atoms with van der Waals surface area (Å²) in [7, 11) is 0. The molecular weight excluding hydrogens is 258 g/mol. The summed E-state index contributed by atoms with van der Waals surface area (Å²) in [6.07, 6.45) is 21.1. The molecule has 122 valence electrons. The fourth-order valence-electron chi connectivity index (χ4n) is 3.05. The smallest absolute Gasteiger partial charge is 0.180 e. The summed E-state index contributed by atoms with van der Waals surface area (Å²) in [5, 5.41) is 0. The molecule has 1 rings (SSSR count). The van der Waals surface area contributed by atoms with E-state index >= 15 is 0 Å². The van der Waals surface area contributed by atoms with Crippen LogP contribution in [0.1, 0.15) is 96.7 Å². The molecule has 0 N–H and O–H groups in total. The van der Waals surface area contributed by atoms with Crippen molar-refractivity contribution in [2.75, 3.05) is 0 Å². The molecule has 0 aromatic carbocycles. The molecule has 0 bridgehead atoms. The van der Waals surface area contributed by atoms with E-state index in [9.17, 15) is 0 Å². The minimum Gasteiger partial charge on any atom is -0.449 e. The van der Waals surface area contributed by atoms with Crippen LogP contribution in [-0.2, 0) is 6.42 Å². The lowest BCUT2D eigenvalue weighted by atomic mass is 9.91. The van der Waals surface area contributed by atoms with E-state index in [0.29, 0.717) is 0 Å². The van der Waals surface area contributed by atoms with Crippen LogP contribution in [0.3, 0.4) is 0 Å². The van der Waals surface area contributed by atoms with Crippen LogP contribution >= 0.6 is 0 Å². The summed E-state index contributed by atoms with van der Waals surface area (Å²) < 4.78 is 5.44. The van der Waals surface area contributed by atoms with E-state index in [-0.39, 0.29) is 0 Å². The Morgan fingerprint density at radius 3 is 1.90 bits per heavy atom. The van der Waals surface area contributed by atoms with Crippen molar-refractivity contribution in [1.29, 1.82) is 0 Å². The molecule has 0 amide bonds. The van der Waals surface area contributed by atoms with Crippen molar-refractivity contribution in [3.8, 4) is 0 Å². The monoisotopic (exact) mass is 293 g/mol. The summed E-state index contributed by atoms with van der Waals surface area (Å²) in [5.74, 6) is 1.86. The third kappa shape index (κ3) is 9.71. The van der Waals surface area contributed by atoms with Gasteiger partial charge in [0.05, 0.1) is 6.20 Å². The maximum Gasteiger partial charge on any atom is 0.180 e. The molecule has 1 aromatic heterocycles. The fraction of sp³-hybridized carbons (Fsp3) is 0.842. The molecular formula is C19H35NO. The van der Waals surface area contributed by atoms with Gasteiger partial charge in [0.2, 0.25) is 0 Å². The molecule has 0 fully saturated rings. The molecule has 0 atom stereocenters. The molecule has 0 saturated carbocycles. The summed E-state index contributed by atoms with van der Waals surface area (Å²) in [6.45, 7) is 4.56. The Morgan fingerprint density at radius 1 is 0.857 bits per heavy atom. The highest BCUT2D eigenvalue weighted by atomic mass is 16.3. The van der Waals surface area contributed by atoms with Gasteiger partial charge < -0.3 is 4.42 Å². The van der Waals surface area contributed by atoms with Gasteiger partial charge in [-0.25, -0.2) is 4.98 Å². The molecule has 0 radical (unpaired) electrons. The van der Waals surface area contributed by atoms with Crippen molar-refractivity contribution in [1.82, 2.24) is 4.98 Å². The molecule has 0 aliphatic rings. The molecule has 21 heavy (non-hydrogen) atoms. The minimum atomic E-state index is 0.793. The molecule has 2 nitrogen and oxygen atoms in total. The summed E-state index contributed by atoms with van der Waals surface area (Å²) >= 11 is 0. The van der Waals surface area contributed by atoms with Crippen LogP contribution in [0.25, 0.3) is 0 Å². The van der Waals surface area contributed by atoms with E-state index < -0.39 is 0 Å². The third-order valence-corrected chi connectivity index (χ3v) is 4.41. The number of unbranched alkanes of at least 4 members (excludes halogenated alkanes) is 8. The standard InChI is InChI=1S/C19H35NO/c1-3-5-7-9-11-13-18(14-12-10-8-6-4-2)15-19-16-20-17-21-19/h16-18H,3-15H2,1-2H3. The van der Waals surface area contributed by atoms with Gasteiger partial charge in [-0.3, -0.25) is 0 Å². The number of aromatic nitrogens is 1. The Balaban J connectivity index is 2.21. The first-order valence-corrected chi connectivity index (χ1v) is 9.24. The summed E-state index contributed by atoms with van der Waals surface area (Å²) in [6, 6.07) is 0. The Bertz CT molecular complexity index is 293.